The SMILES string of the molecule is Cc1c(F)cc2nc3c(c4c2c1CC[C@@H]4NC(=O)[C@@H](C)OCNC(=O)CNC(=O)[C@H](Cc1ccccc1)NC(=O)CNC(=O)CNC(=O)CCCCCN1C(=O)C=CC1=O)Cn1c-3cc2c(c1=O)COC(=O)[C@]2(O)CC1CC1. The highest BCUT2D eigenvalue weighted by Gasteiger charge is 2.50. The van der Waals surface area contributed by atoms with Crippen LogP contribution in [0.2, 0.25) is 0 Å². The van der Waals surface area contributed by atoms with Gasteiger partial charge in [-0.1, -0.05) is 49.6 Å². The number of hydrogen-bond donors (Lipinski definition) is 7. The summed E-state index contributed by atoms with van der Waals surface area (Å²) in [6, 6.07) is 9.90. The van der Waals surface area contributed by atoms with Gasteiger partial charge in [0.15, 0.2) is 5.60 Å². The molecule has 4 atom stereocenters. The molecule has 0 bridgehead atoms. The molecule has 23 heteroatoms. The number of hydrogen-bond acceptors (Lipinski definition) is 14. The number of rotatable bonds is 23. The van der Waals surface area contributed by atoms with Gasteiger partial charge in [0, 0.05) is 54.1 Å². The third-order valence-electron chi connectivity index (χ3n) is 14.9. The maximum Gasteiger partial charge on any atom is 0.343 e. The van der Waals surface area contributed by atoms with E-state index in [9.17, 15) is 53.1 Å². The Kier molecular flexibility index (Phi) is 16.2. The Morgan fingerprint density at radius 2 is 1.55 bits per heavy atom. The van der Waals surface area contributed by atoms with Gasteiger partial charge < -0.3 is 51.0 Å². The van der Waals surface area contributed by atoms with Crippen molar-refractivity contribution < 1.29 is 62.1 Å². The number of imide groups is 1. The molecule has 22 nitrogen and oxygen atoms in total. The second-order valence-corrected chi connectivity index (χ2v) is 20.3. The first-order chi connectivity index (χ1) is 37.4. The van der Waals surface area contributed by atoms with Gasteiger partial charge in [-0.15, -0.1) is 0 Å². The third kappa shape index (κ3) is 11.9. The number of nitrogens with zero attached hydrogens (tertiary/aromatic N) is 3. The number of aryl methyl sites for hydroxylation is 1. The molecule has 0 spiro atoms. The number of nitrogens with one attached hydrogen (secondary N) is 6. The molecule has 7 N–H and O–H groups in total. The molecule has 0 saturated heterocycles. The van der Waals surface area contributed by atoms with Crippen molar-refractivity contribution in [2.75, 3.05) is 32.9 Å². The van der Waals surface area contributed by atoms with Crippen LogP contribution in [0.1, 0.15) is 103 Å². The highest BCUT2D eigenvalue weighted by Crippen LogP contribution is 2.48. The van der Waals surface area contributed by atoms with Gasteiger partial charge in [0.25, 0.3) is 17.4 Å². The summed E-state index contributed by atoms with van der Waals surface area (Å²) in [5, 5.41) is 27.9. The van der Waals surface area contributed by atoms with Crippen LogP contribution in [0.15, 0.2) is 59.4 Å². The lowest BCUT2D eigenvalue weighted by Crippen LogP contribution is -2.52. The Labute approximate surface area is 446 Å². The summed E-state index contributed by atoms with van der Waals surface area (Å²) in [5.74, 6) is -5.61. The lowest BCUT2D eigenvalue weighted by Gasteiger charge is -2.32. The van der Waals surface area contributed by atoms with E-state index in [1.54, 1.807) is 43.3 Å². The molecule has 5 aliphatic rings. The summed E-state index contributed by atoms with van der Waals surface area (Å²) in [6.07, 6.45) is 5.55. The van der Waals surface area contributed by atoms with E-state index in [1.165, 1.54) is 29.7 Å². The highest BCUT2D eigenvalue weighted by molar-refractivity contribution is 6.12. The fraction of sp³-hybridized carbons (Fsp3) is 0.436. The van der Waals surface area contributed by atoms with Gasteiger partial charge in [0.05, 0.1) is 54.7 Å². The van der Waals surface area contributed by atoms with Crippen molar-refractivity contribution in [3.8, 4) is 11.4 Å². The predicted octanol–water partition coefficient (Wildman–Crippen LogP) is 1.06. The number of pyridine rings is 2. The van der Waals surface area contributed by atoms with E-state index >= 15 is 4.39 Å². The van der Waals surface area contributed by atoms with Gasteiger partial charge in [-0.25, -0.2) is 14.2 Å². The number of amides is 8. The van der Waals surface area contributed by atoms with E-state index in [0.717, 1.165) is 23.3 Å². The first-order valence-electron chi connectivity index (χ1n) is 26.1. The number of carbonyl (C=O) groups excluding carboxylic acids is 9. The van der Waals surface area contributed by atoms with Crippen LogP contribution >= 0.6 is 0 Å². The van der Waals surface area contributed by atoms with Gasteiger partial charge in [-0.2, -0.15) is 0 Å². The van der Waals surface area contributed by atoms with E-state index in [-0.39, 0.29) is 67.8 Å². The Balaban J connectivity index is 0.761. The number of cyclic esters (lactones) is 1. The molecule has 5 heterocycles. The maximum absolute atomic E-state index is 15.5. The molecule has 1 saturated carbocycles. The fourth-order valence-corrected chi connectivity index (χ4v) is 10.5. The van der Waals surface area contributed by atoms with Crippen molar-refractivity contribution in [1.82, 2.24) is 46.4 Å². The normalized spacial score (nSPS) is 18.5. The minimum absolute atomic E-state index is 0.0355. The summed E-state index contributed by atoms with van der Waals surface area (Å²) in [5.41, 5.74) is 2.07. The number of benzene rings is 2. The zero-order chi connectivity index (χ0) is 55.4. The Morgan fingerprint density at radius 1 is 0.846 bits per heavy atom. The number of carbonyl (C=O) groups is 9. The van der Waals surface area contributed by atoms with Gasteiger partial charge in [-0.05, 0) is 80.2 Å². The molecule has 410 valence electrons. The number of fused-ring (bicyclic) bond motifs is 5. The molecule has 78 heavy (non-hydrogen) atoms. The zero-order valence-corrected chi connectivity index (χ0v) is 43.1. The lowest BCUT2D eigenvalue weighted by atomic mass is 9.81. The van der Waals surface area contributed by atoms with Crippen LogP contribution in [-0.4, -0.2) is 118 Å². The monoisotopic (exact) mass is 1070 g/mol. The second-order valence-electron chi connectivity index (χ2n) is 20.3. The summed E-state index contributed by atoms with van der Waals surface area (Å²) in [4.78, 5) is 135. The van der Waals surface area contributed by atoms with Crippen molar-refractivity contribution >= 4 is 64.1 Å². The molecule has 0 radical (unpaired) electrons. The van der Waals surface area contributed by atoms with E-state index in [2.05, 4.69) is 31.9 Å². The van der Waals surface area contributed by atoms with E-state index in [0.29, 0.717) is 76.6 Å². The fourth-order valence-electron chi connectivity index (χ4n) is 10.5. The van der Waals surface area contributed by atoms with Crippen LogP contribution in [0, 0.1) is 18.7 Å². The molecule has 0 unspecified atom stereocenters. The van der Waals surface area contributed by atoms with Crippen molar-refractivity contribution in [2.24, 2.45) is 5.92 Å². The number of aliphatic hydroxyl groups is 1. The third-order valence-corrected chi connectivity index (χ3v) is 14.9. The van der Waals surface area contributed by atoms with Crippen LogP contribution in [0.4, 0.5) is 4.39 Å². The molecule has 2 aromatic heterocycles. The lowest BCUT2D eigenvalue weighted by molar-refractivity contribution is -0.173. The summed E-state index contributed by atoms with van der Waals surface area (Å²) in [7, 11) is 0. The van der Waals surface area contributed by atoms with E-state index in [4.69, 9.17) is 14.5 Å². The molecule has 2 aliphatic carbocycles. The molecule has 8 amide bonds. The quantitative estimate of drug-likeness (QED) is 0.0209. The van der Waals surface area contributed by atoms with Crippen LogP contribution in [-0.2, 0) is 84.2 Å². The van der Waals surface area contributed by atoms with Crippen molar-refractivity contribution in [3.05, 3.63) is 110 Å². The minimum Gasteiger partial charge on any atom is -0.458 e. The maximum atomic E-state index is 15.5. The van der Waals surface area contributed by atoms with Gasteiger partial charge in [-0.3, -0.25) is 48.1 Å². The predicted molar refractivity (Wildman–Crippen MR) is 274 cm³/mol. The highest BCUT2D eigenvalue weighted by atomic mass is 19.1. The average molecular weight is 1070 g/mol. The smallest absolute Gasteiger partial charge is 0.343 e. The van der Waals surface area contributed by atoms with Crippen molar-refractivity contribution in [2.45, 2.75) is 115 Å². The van der Waals surface area contributed by atoms with E-state index < -0.39 is 103 Å². The van der Waals surface area contributed by atoms with E-state index in [1.807, 2.05) is 0 Å². The first kappa shape index (κ1) is 54.6. The van der Waals surface area contributed by atoms with Gasteiger partial charge >= 0.3 is 5.97 Å². The molecule has 4 aromatic rings. The number of ether oxygens (including phenoxy) is 2. The molecule has 3 aliphatic heterocycles. The largest absolute Gasteiger partial charge is 0.458 e. The zero-order valence-electron chi connectivity index (χ0n) is 43.1. The van der Waals surface area contributed by atoms with Crippen molar-refractivity contribution in [1.29, 1.82) is 0 Å². The Bertz CT molecular complexity index is 3210. The average Bonchev–Trinajstić information content (AvgIpc) is 4.19. The molecular weight excluding hydrogens is 1010 g/mol. The second kappa shape index (κ2) is 23.2. The number of esters is 1. The Hall–Kier alpha value is -8.18. The molecule has 9 rings (SSSR count). The number of aromatic nitrogens is 2. The standard InChI is InChI=1S/C55H60FN9O13/c1-29-33-14-15-38(49-34-26-65-41(50(34)62-39(48(33)49)21-37(29)56)20-36-35(53(65)74)27-77-54(75)55(36,76)22-32-12-13-32)63-51(72)30(2)78-28-60-44(68)24-59-52(73)40(19-31-9-5-3-6-10-31)61-45(69)25-58-43(67)23-57-42(66)11-7-4-8-18-64-46(70)16-17-47(64)71/h3,5-6,9-10,16-17,20-21,30,32,38,40,76H,4,7-8,11-15,18-19,22-28H2,1-2H3,(H,57,66)(H,58,67)(H,59,73)(H,60,68)(H,61,69)(H,63,72)/t30-,38+,40+,55+/m1/s1. The number of halogens is 1. The molecule has 1 fully saturated rings. The Morgan fingerprint density at radius 3 is 2.29 bits per heavy atom. The van der Waals surface area contributed by atoms with Crippen LogP contribution in [0.25, 0.3) is 22.3 Å². The summed E-state index contributed by atoms with van der Waals surface area (Å²) < 4.78 is 28.1. The minimum atomic E-state index is -2.01. The van der Waals surface area contributed by atoms with Gasteiger partial charge in [0.1, 0.15) is 31.3 Å². The van der Waals surface area contributed by atoms with Gasteiger partial charge in [0.2, 0.25) is 35.4 Å². The van der Waals surface area contributed by atoms with Crippen LogP contribution in [0.5, 0.6) is 0 Å². The molecule has 2 aromatic carbocycles. The van der Waals surface area contributed by atoms with Crippen LogP contribution < -0.4 is 37.5 Å². The number of unbranched alkanes of at least 4 members (excludes halogenated alkanes) is 2. The van der Waals surface area contributed by atoms with Crippen LogP contribution in [0.3, 0.4) is 0 Å². The molecular formula is C55H60FN9O13. The first-order valence-corrected chi connectivity index (χ1v) is 26.1. The summed E-state index contributed by atoms with van der Waals surface area (Å²) >= 11 is 0. The van der Waals surface area contributed by atoms with Crippen molar-refractivity contribution in [3.63, 3.8) is 0 Å². The topological polar surface area (TPSA) is 303 Å². The summed E-state index contributed by atoms with van der Waals surface area (Å²) in [6.45, 7) is 1.28.